The highest BCUT2D eigenvalue weighted by molar-refractivity contribution is 5.85. The van der Waals surface area contributed by atoms with E-state index in [1.54, 1.807) is 7.05 Å². The van der Waals surface area contributed by atoms with E-state index in [1.807, 2.05) is 48.5 Å². The second-order valence-corrected chi connectivity index (χ2v) is 4.84. The number of nitrogens with zero attached hydrogens (tertiary/aromatic N) is 2. The fraction of sp³-hybridized carbons (Fsp3) is 0.0588. The summed E-state index contributed by atoms with van der Waals surface area (Å²) in [6.45, 7) is 0. The molecule has 0 radical (unpaired) electrons. The fourth-order valence-electron chi connectivity index (χ4n) is 2.50. The maximum Gasteiger partial charge on any atom is 0.245 e. The molecule has 102 valence electrons. The number of nitrogens with one attached hydrogen (secondary N) is 1. The van der Waals surface area contributed by atoms with E-state index >= 15 is 0 Å². The van der Waals surface area contributed by atoms with Crippen LogP contribution in [0, 0.1) is 0 Å². The minimum Gasteiger partial charge on any atom is -0.418 e. The fourth-order valence-corrected chi connectivity index (χ4v) is 2.50. The molecule has 0 amide bonds. The van der Waals surface area contributed by atoms with Crippen LogP contribution in [0.25, 0.3) is 33.4 Å². The molecule has 2 aromatic carbocycles. The summed E-state index contributed by atoms with van der Waals surface area (Å²) in [5.41, 5.74) is 3.38. The van der Waals surface area contributed by atoms with Crippen molar-refractivity contribution in [2.75, 3.05) is 7.05 Å². The van der Waals surface area contributed by atoms with Gasteiger partial charge in [0, 0.05) is 18.0 Å². The van der Waals surface area contributed by atoms with Gasteiger partial charge in [0.15, 0.2) is 0 Å². The first-order chi connectivity index (χ1) is 10.3. The molecule has 2 aromatic heterocycles. The molecular formula is C17H13N3O. The normalized spacial score (nSPS) is 12.3. The van der Waals surface area contributed by atoms with E-state index < -0.39 is 0 Å². The van der Waals surface area contributed by atoms with Crippen molar-refractivity contribution in [2.45, 2.75) is 0 Å². The first-order valence-electron chi connectivity index (χ1n) is 6.76. The van der Waals surface area contributed by atoms with Gasteiger partial charge in [-0.05, 0) is 24.3 Å². The van der Waals surface area contributed by atoms with E-state index in [9.17, 15) is 0 Å². The van der Waals surface area contributed by atoms with E-state index in [1.165, 1.54) is 0 Å². The molecule has 0 aliphatic rings. The summed E-state index contributed by atoms with van der Waals surface area (Å²) in [5, 5.41) is 2.05. The SMILES string of the molecule is C/N=c1\oc(-c2cc3ccccc3[nH]2)nc2ccccc12. The van der Waals surface area contributed by atoms with Crippen LogP contribution >= 0.6 is 0 Å². The third-order valence-electron chi connectivity index (χ3n) is 3.51. The van der Waals surface area contributed by atoms with E-state index in [2.05, 4.69) is 21.0 Å². The average molecular weight is 275 g/mol. The van der Waals surface area contributed by atoms with Crippen LogP contribution in [0.15, 0.2) is 64.0 Å². The number of aromatic amines is 1. The molecular weight excluding hydrogens is 262 g/mol. The van der Waals surface area contributed by atoms with Gasteiger partial charge in [0.05, 0.1) is 10.9 Å². The number of hydrogen-bond acceptors (Lipinski definition) is 3. The van der Waals surface area contributed by atoms with Crippen molar-refractivity contribution >= 4 is 21.8 Å². The Labute approximate surface area is 120 Å². The first-order valence-corrected chi connectivity index (χ1v) is 6.76. The molecule has 2 heterocycles. The Balaban J connectivity index is 2.02. The van der Waals surface area contributed by atoms with E-state index in [0.29, 0.717) is 11.4 Å². The van der Waals surface area contributed by atoms with Gasteiger partial charge in [0.25, 0.3) is 0 Å². The number of rotatable bonds is 1. The molecule has 0 aliphatic heterocycles. The van der Waals surface area contributed by atoms with Gasteiger partial charge in [-0.3, -0.25) is 4.99 Å². The Morgan fingerprint density at radius 3 is 2.71 bits per heavy atom. The molecule has 0 saturated heterocycles. The monoisotopic (exact) mass is 275 g/mol. The largest absolute Gasteiger partial charge is 0.418 e. The van der Waals surface area contributed by atoms with Crippen LogP contribution in [0.5, 0.6) is 0 Å². The predicted molar refractivity (Wildman–Crippen MR) is 82.8 cm³/mol. The summed E-state index contributed by atoms with van der Waals surface area (Å²) in [6, 6.07) is 18.0. The number of fused-ring (bicyclic) bond motifs is 2. The van der Waals surface area contributed by atoms with Crippen LogP contribution < -0.4 is 5.55 Å². The van der Waals surface area contributed by atoms with Crippen LogP contribution in [0.1, 0.15) is 0 Å². The number of hydrogen-bond donors (Lipinski definition) is 1. The van der Waals surface area contributed by atoms with Gasteiger partial charge < -0.3 is 9.40 Å². The van der Waals surface area contributed by atoms with Crippen molar-refractivity contribution in [2.24, 2.45) is 4.99 Å². The second kappa shape index (κ2) is 4.59. The lowest BCUT2D eigenvalue weighted by molar-refractivity contribution is 0.500. The molecule has 21 heavy (non-hydrogen) atoms. The Morgan fingerprint density at radius 2 is 1.86 bits per heavy atom. The zero-order valence-corrected chi connectivity index (χ0v) is 11.5. The summed E-state index contributed by atoms with van der Waals surface area (Å²) < 4.78 is 5.85. The van der Waals surface area contributed by atoms with Crippen molar-refractivity contribution < 1.29 is 4.42 Å². The average Bonchev–Trinajstić information content (AvgIpc) is 2.98. The number of benzene rings is 2. The Morgan fingerprint density at radius 1 is 1.05 bits per heavy atom. The van der Waals surface area contributed by atoms with Gasteiger partial charge in [0.2, 0.25) is 11.4 Å². The van der Waals surface area contributed by atoms with E-state index in [0.717, 1.165) is 27.5 Å². The van der Waals surface area contributed by atoms with Crippen molar-refractivity contribution in [3.63, 3.8) is 0 Å². The lowest BCUT2D eigenvalue weighted by Crippen LogP contribution is -2.05. The Bertz CT molecular complexity index is 978. The second-order valence-electron chi connectivity index (χ2n) is 4.84. The lowest BCUT2D eigenvalue weighted by Gasteiger charge is -2.01. The zero-order valence-electron chi connectivity index (χ0n) is 11.5. The van der Waals surface area contributed by atoms with Gasteiger partial charge in [0.1, 0.15) is 5.69 Å². The summed E-state index contributed by atoms with van der Waals surface area (Å²) in [6.07, 6.45) is 0. The van der Waals surface area contributed by atoms with Crippen LogP contribution in [-0.2, 0) is 0 Å². The van der Waals surface area contributed by atoms with Gasteiger partial charge in [-0.2, -0.15) is 0 Å². The van der Waals surface area contributed by atoms with Crippen molar-refractivity contribution in [3.05, 3.63) is 60.2 Å². The highest BCUT2D eigenvalue weighted by Gasteiger charge is 2.09. The van der Waals surface area contributed by atoms with Gasteiger partial charge in [-0.25, -0.2) is 4.98 Å². The van der Waals surface area contributed by atoms with Gasteiger partial charge >= 0.3 is 0 Å². The van der Waals surface area contributed by atoms with Crippen LogP contribution in [0.3, 0.4) is 0 Å². The predicted octanol–water partition coefficient (Wildman–Crippen LogP) is 3.51. The number of aromatic nitrogens is 2. The summed E-state index contributed by atoms with van der Waals surface area (Å²) >= 11 is 0. The van der Waals surface area contributed by atoms with Crippen molar-refractivity contribution in [3.8, 4) is 11.6 Å². The van der Waals surface area contributed by atoms with Crippen LogP contribution in [-0.4, -0.2) is 17.0 Å². The molecule has 0 aliphatic carbocycles. The standard InChI is InChI=1S/C17H13N3O/c1-18-16-12-7-3-5-9-14(12)20-17(21-16)15-10-11-6-2-4-8-13(11)19-15/h2-10,19H,1H3/b18-16-. The van der Waals surface area contributed by atoms with Gasteiger partial charge in [-0.1, -0.05) is 30.3 Å². The van der Waals surface area contributed by atoms with E-state index in [-0.39, 0.29) is 0 Å². The van der Waals surface area contributed by atoms with Crippen LogP contribution in [0.2, 0.25) is 0 Å². The molecule has 4 aromatic rings. The maximum absolute atomic E-state index is 5.85. The minimum atomic E-state index is 0.547. The van der Waals surface area contributed by atoms with Crippen molar-refractivity contribution in [1.29, 1.82) is 0 Å². The molecule has 0 bridgehead atoms. The highest BCUT2D eigenvalue weighted by Crippen LogP contribution is 2.23. The van der Waals surface area contributed by atoms with E-state index in [4.69, 9.17) is 4.42 Å². The zero-order chi connectivity index (χ0) is 14.2. The maximum atomic E-state index is 5.85. The molecule has 0 unspecified atom stereocenters. The summed E-state index contributed by atoms with van der Waals surface area (Å²) in [4.78, 5) is 12.1. The molecule has 0 spiro atoms. The molecule has 4 nitrogen and oxygen atoms in total. The molecule has 1 N–H and O–H groups in total. The third kappa shape index (κ3) is 1.92. The molecule has 0 fully saturated rings. The lowest BCUT2D eigenvalue weighted by atomic mass is 10.2. The highest BCUT2D eigenvalue weighted by atomic mass is 16.3. The number of para-hydroxylation sites is 2. The molecule has 0 saturated carbocycles. The summed E-state index contributed by atoms with van der Waals surface area (Å²) in [7, 11) is 1.72. The molecule has 4 heteroatoms. The minimum absolute atomic E-state index is 0.547. The third-order valence-corrected chi connectivity index (χ3v) is 3.51. The van der Waals surface area contributed by atoms with Crippen LogP contribution in [0.4, 0.5) is 0 Å². The van der Waals surface area contributed by atoms with Gasteiger partial charge in [-0.15, -0.1) is 0 Å². The molecule has 4 rings (SSSR count). The number of H-pyrrole nitrogens is 1. The Hall–Kier alpha value is -2.88. The first kappa shape index (κ1) is 11.9. The Kier molecular flexibility index (Phi) is 2.60. The molecule has 0 atom stereocenters. The van der Waals surface area contributed by atoms with Crippen molar-refractivity contribution in [1.82, 2.24) is 9.97 Å². The quantitative estimate of drug-likeness (QED) is 0.578. The smallest absolute Gasteiger partial charge is 0.245 e. The topological polar surface area (TPSA) is 54.2 Å². The summed E-state index contributed by atoms with van der Waals surface area (Å²) in [5.74, 6) is 0.547.